The third-order valence-electron chi connectivity index (χ3n) is 3.05. The molecule has 1 aromatic heterocycles. The van der Waals surface area contributed by atoms with Crippen molar-refractivity contribution in [2.75, 3.05) is 6.54 Å². The summed E-state index contributed by atoms with van der Waals surface area (Å²) < 4.78 is 6.41. The minimum Gasteiger partial charge on any atom is -0.339 e. The maximum absolute atomic E-state index is 5.76. The standard InChI is InChI=1S/C14H18BrN3OS/c1-9(2)10(7-16)14-17-13(18-19-14)8-20-12-6-4-3-5-11(12)15/h3-6,9-10H,7-8,16H2,1-2H3. The quantitative estimate of drug-likeness (QED) is 0.797. The van der Waals surface area contributed by atoms with Crippen molar-refractivity contribution in [3.05, 3.63) is 40.5 Å². The minimum atomic E-state index is 0.129. The molecule has 0 aliphatic heterocycles. The summed E-state index contributed by atoms with van der Waals surface area (Å²) in [6.07, 6.45) is 0. The Kier molecular flexibility index (Phi) is 5.63. The largest absolute Gasteiger partial charge is 0.339 e. The minimum absolute atomic E-state index is 0.129. The zero-order valence-electron chi connectivity index (χ0n) is 11.5. The summed E-state index contributed by atoms with van der Waals surface area (Å²) in [4.78, 5) is 5.62. The lowest BCUT2D eigenvalue weighted by atomic mass is 9.96. The third-order valence-corrected chi connectivity index (χ3v) is 5.08. The van der Waals surface area contributed by atoms with Crippen molar-refractivity contribution in [2.24, 2.45) is 11.7 Å². The summed E-state index contributed by atoms with van der Waals surface area (Å²) in [5, 5.41) is 4.03. The molecule has 6 heteroatoms. The Labute approximate surface area is 131 Å². The maximum Gasteiger partial charge on any atom is 0.231 e. The molecular formula is C14H18BrN3OS. The number of hydrogen-bond acceptors (Lipinski definition) is 5. The molecule has 0 saturated carbocycles. The normalized spacial score (nSPS) is 12.8. The molecule has 0 fully saturated rings. The van der Waals surface area contributed by atoms with E-state index in [2.05, 4.69) is 46.0 Å². The molecule has 0 aliphatic carbocycles. The van der Waals surface area contributed by atoms with Gasteiger partial charge in [0.1, 0.15) is 0 Å². The first-order valence-electron chi connectivity index (χ1n) is 6.51. The monoisotopic (exact) mass is 355 g/mol. The van der Waals surface area contributed by atoms with Crippen LogP contribution < -0.4 is 5.73 Å². The van der Waals surface area contributed by atoms with E-state index in [0.717, 1.165) is 9.37 Å². The molecule has 0 bridgehead atoms. The second-order valence-corrected chi connectivity index (χ2v) is 6.73. The van der Waals surface area contributed by atoms with Crippen LogP contribution in [0, 0.1) is 5.92 Å². The maximum atomic E-state index is 5.76. The lowest BCUT2D eigenvalue weighted by Gasteiger charge is -2.13. The summed E-state index contributed by atoms with van der Waals surface area (Å²) in [6.45, 7) is 4.74. The zero-order chi connectivity index (χ0) is 14.5. The fourth-order valence-electron chi connectivity index (χ4n) is 1.84. The van der Waals surface area contributed by atoms with Crippen molar-refractivity contribution in [1.29, 1.82) is 0 Å². The van der Waals surface area contributed by atoms with Gasteiger partial charge < -0.3 is 10.3 Å². The van der Waals surface area contributed by atoms with Crippen LogP contribution in [0.15, 0.2) is 38.2 Å². The average molecular weight is 356 g/mol. The Balaban J connectivity index is 2.01. The highest BCUT2D eigenvalue weighted by atomic mass is 79.9. The highest BCUT2D eigenvalue weighted by Crippen LogP contribution is 2.29. The van der Waals surface area contributed by atoms with Crippen LogP contribution in [-0.4, -0.2) is 16.7 Å². The Hall–Kier alpha value is -0.850. The van der Waals surface area contributed by atoms with Crippen LogP contribution in [0.3, 0.4) is 0 Å². The van der Waals surface area contributed by atoms with Gasteiger partial charge in [0.2, 0.25) is 5.89 Å². The molecule has 1 unspecified atom stereocenters. The van der Waals surface area contributed by atoms with Gasteiger partial charge in [-0.15, -0.1) is 11.8 Å². The van der Waals surface area contributed by atoms with Crippen molar-refractivity contribution >= 4 is 27.7 Å². The molecule has 20 heavy (non-hydrogen) atoms. The highest BCUT2D eigenvalue weighted by Gasteiger charge is 2.21. The van der Waals surface area contributed by atoms with Gasteiger partial charge in [-0.1, -0.05) is 31.1 Å². The molecule has 2 aromatic rings. The summed E-state index contributed by atoms with van der Waals surface area (Å²) in [5.74, 6) is 2.56. The van der Waals surface area contributed by atoms with Crippen molar-refractivity contribution in [1.82, 2.24) is 10.1 Å². The number of aromatic nitrogens is 2. The van der Waals surface area contributed by atoms with E-state index in [9.17, 15) is 0 Å². The molecule has 4 nitrogen and oxygen atoms in total. The topological polar surface area (TPSA) is 64.9 Å². The van der Waals surface area contributed by atoms with Gasteiger partial charge in [0.15, 0.2) is 5.82 Å². The molecule has 0 radical (unpaired) electrons. The fourth-order valence-corrected chi connectivity index (χ4v) is 3.25. The number of nitrogens with zero attached hydrogens (tertiary/aromatic N) is 2. The number of thioether (sulfide) groups is 1. The van der Waals surface area contributed by atoms with E-state index in [-0.39, 0.29) is 5.92 Å². The molecule has 0 saturated heterocycles. The van der Waals surface area contributed by atoms with Gasteiger partial charge in [-0.25, -0.2) is 0 Å². The van der Waals surface area contributed by atoms with Crippen molar-refractivity contribution in [2.45, 2.75) is 30.4 Å². The van der Waals surface area contributed by atoms with E-state index in [1.54, 1.807) is 11.8 Å². The van der Waals surface area contributed by atoms with Crippen LogP contribution >= 0.6 is 27.7 Å². The Bertz CT molecular complexity index is 559. The Morgan fingerprint density at radius 2 is 2.10 bits per heavy atom. The van der Waals surface area contributed by atoms with Gasteiger partial charge in [0.05, 0.1) is 11.7 Å². The molecule has 1 aromatic carbocycles. The molecule has 0 aliphatic rings. The van der Waals surface area contributed by atoms with Crippen LogP contribution in [0.1, 0.15) is 31.5 Å². The van der Waals surface area contributed by atoms with E-state index in [0.29, 0.717) is 29.9 Å². The molecule has 1 atom stereocenters. The second-order valence-electron chi connectivity index (χ2n) is 4.85. The van der Waals surface area contributed by atoms with Crippen LogP contribution in [0.4, 0.5) is 0 Å². The van der Waals surface area contributed by atoms with E-state index in [1.165, 1.54) is 0 Å². The van der Waals surface area contributed by atoms with Crippen molar-refractivity contribution < 1.29 is 4.52 Å². The molecule has 0 amide bonds. The van der Waals surface area contributed by atoms with Gasteiger partial charge in [-0.2, -0.15) is 4.98 Å². The van der Waals surface area contributed by atoms with Crippen LogP contribution in [-0.2, 0) is 5.75 Å². The van der Waals surface area contributed by atoms with E-state index in [4.69, 9.17) is 10.3 Å². The number of rotatable bonds is 6. The Morgan fingerprint density at radius 3 is 2.75 bits per heavy atom. The molecule has 108 valence electrons. The zero-order valence-corrected chi connectivity index (χ0v) is 13.9. The van der Waals surface area contributed by atoms with Gasteiger partial charge in [0, 0.05) is 15.9 Å². The SMILES string of the molecule is CC(C)C(CN)c1nc(CSc2ccccc2Br)no1. The summed E-state index contributed by atoms with van der Waals surface area (Å²) in [6, 6.07) is 8.09. The molecule has 1 heterocycles. The first-order valence-corrected chi connectivity index (χ1v) is 8.29. The second kappa shape index (κ2) is 7.24. The average Bonchev–Trinajstić information content (AvgIpc) is 2.87. The summed E-state index contributed by atoms with van der Waals surface area (Å²) in [7, 11) is 0. The van der Waals surface area contributed by atoms with E-state index >= 15 is 0 Å². The number of hydrogen-bond donors (Lipinski definition) is 1. The molecule has 2 rings (SSSR count). The van der Waals surface area contributed by atoms with Gasteiger partial charge in [-0.05, 0) is 34.0 Å². The summed E-state index contributed by atoms with van der Waals surface area (Å²) >= 11 is 5.20. The van der Waals surface area contributed by atoms with Gasteiger partial charge in [-0.3, -0.25) is 0 Å². The van der Waals surface area contributed by atoms with Crippen LogP contribution in [0.5, 0.6) is 0 Å². The highest BCUT2D eigenvalue weighted by molar-refractivity contribution is 9.10. The predicted molar refractivity (Wildman–Crippen MR) is 84.6 cm³/mol. The lowest BCUT2D eigenvalue weighted by molar-refractivity contribution is 0.322. The first kappa shape index (κ1) is 15.5. The fraction of sp³-hybridized carbons (Fsp3) is 0.429. The van der Waals surface area contributed by atoms with E-state index < -0.39 is 0 Å². The van der Waals surface area contributed by atoms with Crippen molar-refractivity contribution in [3.63, 3.8) is 0 Å². The summed E-state index contributed by atoms with van der Waals surface area (Å²) in [5.41, 5.74) is 5.76. The van der Waals surface area contributed by atoms with Gasteiger partial charge in [0.25, 0.3) is 0 Å². The molecular weight excluding hydrogens is 338 g/mol. The smallest absolute Gasteiger partial charge is 0.231 e. The predicted octanol–water partition coefficient (Wildman–Crippen LogP) is 3.82. The van der Waals surface area contributed by atoms with Crippen LogP contribution in [0.25, 0.3) is 0 Å². The Morgan fingerprint density at radius 1 is 1.35 bits per heavy atom. The van der Waals surface area contributed by atoms with Crippen LogP contribution in [0.2, 0.25) is 0 Å². The lowest BCUT2D eigenvalue weighted by Crippen LogP contribution is -2.18. The molecule has 2 N–H and O–H groups in total. The van der Waals surface area contributed by atoms with Crippen molar-refractivity contribution in [3.8, 4) is 0 Å². The number of halogens is 1. The van der Waals surface area contributed by atoms with E-state index in [1.807, 2.05) is 18.2 Å². The number of benzene rings is 1. The molecule has 0 spiro atoms. The number of nitrogens with two attached hydrogens (primary N) is 1. The first-order chi connectivity index (χ1) is 9.61. The van der Waals surface area contributed by atoms with Gasteiger partial charge >= 0.3 is 0 Å². The third kappa shape index (κ3) is 3.84.